The van der Waals surface area contributed by atoms with Crippen LogP contribution in [-0.4, -0.2) is 30.3 Å². The summed E-state index contributed by atoms with van der Waals surface area (Å²) in [5, 5.41) is 10.7. The van der Waals surface area contributed by atoms with Crippen molar-refractivity contribution in [2.24, 2.45) is 0 Å². The first kappa shape index (κ1) is 17.5. The minimum absolute atomic E-state index is 0.0205. The van der Waals surface area contributed by atoms with Crippen LogP contribution in [0, 0.1) is 0 Å². The maximum atomic E-state index is 13.4. The van der Waals surface area contributed by atoms with Crippen LogP contribution in [0.5, 0.6) is 0 Å². The molecule has 1 saturated carbocycles. The number of hydrogen-bond donors (Lipinski definition) is 1. The summed E-state index contributed by atoms with van der Waals surface area (Å²) in [5.74, 6) is -0.524. The molecule has 0 bridgehead atoms. The normalized spacial score (nSPS) is 14.7. The molecule has 0 aromatic carbocycles. The Kier molecular flexibility index (Phi) is 4.12. The van der Waals surface area contributed by atoms with E-state index in [1.807, 2.05) is 6.92 Å². The molecule has 4 rings (SSSR count). The van der Waals surface area contributed by atoms with Crippen molar-refractivity contribution >= 4 is 11.6 Å². The molecule has 0 saturated heterocycles. The average Bonchev–Trinajstić information content (AvgIpc) is 3.22. The molecule has 10 heteroatoms. The summed E-state index contributed by atoms with van der Waals surface area (Å²) in [7, 11) is 0. The van der Waals surface area contributed by atoms with Crippen LogP contribution >= 0.6 is 0 Å². The van der Waals surface area contributed by atoms with Crippen molar-refractivity contribution in [3.05, 3.63) is 47.2 Å². The van der Waals surface area contributed by atoms with E-state index < -0.39 is 17.8 Å². The van der Waals surface area contributed by atoms with E-state index in [-0.39, 0.29) is 23.8 Å². The third-order valence-corrected chi connectivity index (χ3v) is 4.42. The molecule has 7 nitrogen and oxygen atoms in total. The third-order valence-electron chi connectivity index (χ3n) is 4.42. The van der Waals surface area contributed by atoms with Crippen LogP contribution in [0.4, 0.5) is 13.2 Å². The molecule has 0 radical (unpaired) electrons. The van der Waals surface area contributed by atoms with Gasteiger partial charge in [-0.25, -0.2) is 9.50 Å². The maximum absolute atomic E-state index is 13.4. The van der Waals surface area contributed by atoms with Gasteiger partial charge in [0, 0.05) is 30.4 Å². The minimum atomic E-state index is -4.59. The summed E-state index contributed by atoms with van der Waals surface area (Å²) in [6, 6.07) is 4.07. The third kappa shape index (κ3) is 3.51. The summed E-state index contributed by atoms with van der Waals surface area (Å²) in [6.45, 7) is 2.80. The molecule has 1 N–H and O–H groups in total. The van der Waals surface area contributed by atoms with E-state index in [1.54, 1.807) is 16.9 Å². The Hall–Kier alpha value is -2.91. The first-order valence-corrected chi connectivity index (χ1v) is 8.63. The van der Waals surface area contributed by atoms with E-state index in [1.165, 1.54) is 6.07 Å². The molecule has 1 fully saturated rings. The lowest BCUT2D eigenvalue weighted by atomic mass is 10.2. The summed E-state index contributed by atoms with van der Waals surface area (Å²) in [6.07, 6.45) is -1.15. The topological polar surface area (TPSA) is 77.1 Å². The lowest BCUT2D eigenvalue weighted by molar-refractivity contribution is -0.142. The van der Waals surface area contributed by atoms with Crippen LogP contribution in [0.15, 0.2) is 24.4 Å². The number of aryl methyl sites for hydroxylation is 1. The lowest BCUT2D eigenvalue weighted by Gasteiger charge is -2.10. The quantitative estimate of drug-likeness (QED) is 0.741. The number of carbonyl (C=O) groups excluding carboxylic acids is 1. The Labute approximate surface area is 152 Å². The van der Waals surface area contributed by atoms with Crippen molar-refractivity contribution in [1.82, 2.24) is 29.7 Å². The van der Waals surface area contributed by atoms with E-state index in [4.69, 9.17) is 0 Å². The summed E-state index contributed by atoms with van der Waals surface area (Å²) >= 11 is 0. The molecule has 0 spiro atoms. The van der Waals surface area contributed by atoms with Crippen LogP contribution in [0.25, 0.3) is 5.65 Å². The number of halogens is 3. The predicted octanol–water partition coefficient (Wildman–Crippen LogP) is 2.77. The van der Waals surface area contributed by atoms with Gasteiger partial charge in [-0.2, -0.15) is 23.4 Å². The van der Waals surface area contributed by atoms with E-state index in [9.17, 15) is 18.0 Å². The van der Waals surface area contributed by atoms with Crippen LogP contribution in [0.1, 0.15) is 53.3 Å². The minimum Gasteiger partial charge on any atom is -0.345 e. The maximum Gasteiger partial charge on any atom is 0.433 e. The number of nitrogens with zero attached hydrogens (tertiary/aromatic N) is 5. The van der Waals surface area contributed by atoms with Crippen molar-refractivity contribution in [2.75, 3.05) is 0 Å². The fraction of sp³-hybridized carbons (Fsp3) is 0.412. The van der Waals surface area contributed by atoms with E-state index in [0.717, 1.165) is 18.9 Å². The molecule has 3 heterocycles. The number of rotatable bonds is 5. The smallest absolute Gasteiger partial charge is 0.345 e. The predicted molar refractivity (Wildman–Crippen MR) is 89.0 cm³/mol. The van der Waals surface area contributed by atoms with Gasteiger partial charge >= 0.3 is 6.18 Å². The molecule has 0 atom stereocenters. The molecular weight excluding hydrogens is 361 g/mol. The van der Waals surface area contributed by atoms with Gasteiger partial charge in [-0.05, 0) is 31.9 Å². The summed E-state index contributed by atoms with van der Waals surface area (Å²) in [4.78, 5) is 16.6. The zero-order valence-corrected chi connectivity index (χ0v) is 14.5. The Bertz CT molecular complexity index is 1000. The second-order valence-corrected chi connectivity index (χ2v) is 6.48. The number of nitrogens with one attached hydrogen (secondary N) is 1. The molecule has 3 aromatic heterocycles. The van der Waals surface area contributed by atoms with Gasteiger partial charge in [0.05, 0.1) is 12.2 Å². The van der Waals surface area contributed by atoms with Crippen LogP contribution in [-0.2, 0) is 19.3 Å². The highest BCUT2D eigenvalue weighted by molar-refractivity contribution is 5.93. The largest absolute Gasteiger partial charge is 0.433 e. The number of amides is 1. The second-order valence-electron chi connectivity index (χ2n) is 6.48. The van der Waals surface area contributed by atoms with E-state index in [0.29, 0.717) is 22.4 Å². The van der Waals surface area contributed by atoms with Gasteiger partial charge in [-0.1, -0.05) is 0 Å². The number of fused-ring (bicyclic) bond motifs is 1. The molecule has 0 unspecified atom stereocenters. The van der Waals surface area contributed by atoms with Crippen LogP contribution in [0.3, 0.4) is 0 Å². The molecule has 142 valence electrons. The Balaban J connectivity index is 1.61. The standard InChI is InChI=1S/C17H17F3N6O/c1-2-25-6-5-11(23-25)9-21-16(27)13-8-15-22-12(10-3-4-10)7-14(17(18,19)20)26(15)24-13/h5-8,10H,2-4,9H2,1H3,(H,21,27). The number of alkyl halides is 3. The Morgan fingerprint density at radius 1 is 1.30 bits per heavy atom. The average molecular weight is 378 g/mol. The van der Waals surface area contributed by atoms with E-state index in [2.05, 4.69) is 20.5 Å². The fourth-order valence-corrected chi connectivity index (χ4v) is 2.83. The van der Waals surface area contributed by atoms with Crippen molar-refractivity contribution in [2.45, 2.75) is 44.9 Å². The van der Waals surface area contributed by atoms with E-state index >= 15 is 0 Å². The molecular formula is C17H17F3N6O. The molecule has 1 aliphatic carbocycles. The van der Waals surface area contributed by atoms with Gasteiger partial charge in [-0.3, -0.25) is 9.48 Å². The summed E-state index contributed by atoms with van der Waals surface area (Å²) < 4.78 is 42.6. The highest BCUT2D eigenvalue weighted by Gasteiger charge is 2.37. The number of aromatic nitrogens is 5. The fourth-order valence-electron chi connectivity index (χ4n) is 2.83. The SMILES string of the molecule is CCn1ccc(CNC(=O)c2cc3nc(C4CC4)cc(C(F)(F)F)n3n2)n1. The molecule has 3 aromatic rings. The van der Waals surface area contributed by atoms with Crippen molar-refractivity contribution in [3.8, 4) is 0 Å². The second kappa shape index (κ2) is 6.36. The highest BCUT2D eigenvalue weighted by atomic mass is 19.4. The molecule has 1 aliphatic rings. The van der Waals surface area contributed by atoms with Crippen LogP contribution in [0.2, 0.25) is 0 Å². The van der Waals surface area contributed by atoms with Gasteiger partial charge in [0.25, 0.3) is 5.91 Å². The van der Waals surface area contributed by atoms with Crippen LogP contribution < -0.4 is 5.32 Å². The highest BCUT2D eigenvalue weighted by Crippen LogP contribution is 2.41. The van der Waals surface area contributed by atoms with Crippen molar-refractivity contribution < 1.29 is 18.0 Å². The monoisotopic (exact) mass is 378 g/mol. The Morgan fingerprint density at radius 2 is 2.07 bits per heavy atom. The lowest BCUT2D eigenvalue weighted by Crippen LogP contribution is -2.24. The summed E-state index contributed by atoms with van der Waals surface area (Å²) in [5.41, 5.74) is 0.0315. The molecule has 0 aliphatic heterocycles. The van der Waals surface area contributed by atoms with Gasteiger partial charge in [-0.15, -0.1) is 0 Å². The van der Waals surface area contributed by atoms with Gasteiger partial charge < -0.3 is 5.32 Å². The zero-order valence-electron chi connectivity index (χ0n) is 14.5. The van der Waals surface area contributed by atoms with Gasteiger partial charge in [0.1, 0.15) is 5.69 Å². The molecule has 27 heavy (non-hydrogen) atoms. The van der Waals surface area contributed by atoms with Crippen molar-refractivity contribution in [3.63, 3.8) is 0 Å². The first-order valence-electron chi connectivity index (χ1n) is 8.63. The molecule has 1 amide bonds. The number of hydrogen-bond acceptors (Lipinski definition) is 4. The van der Waals surface area contributed by atoms with Crippen molar-refractivity contribution in [1.29, 1.82) is 0 Å². The number of carbonyl (C=O) groups is 1. The Morgan fingerprint density at radius 3 is 2.70 bits per heavy atom. The van der Waals surface area contributed by atoms with Gasteiger partial charge in [0.2, 0.25) is 0 Å². The first-order chi connectivity index (χ1) is 12.8. The zero-order chi connectivity index (χ0) is 19.2. The van der Waals surface area contributed by atoms with Gasteiger partial charge in [0.15, 0.2) is 11.3 Å².